The second-order valence-electron chi connectivity index (χ2n) is 7.14. The van der Waals surface area contributed by atoms with Gasteiger partial charge in [-0.1, -0.05) is 36.9 Å². The molecule has 0 saturated carbocycles. The van der Waals surface area contributed by atoms with Crippen molar-refractivity contribution in [3.8, 4) is 0 Å². The molecule has 4 rings (SSSR count). The van der Waals surface area contributed by atoms with Crippen LogP contribution in [0.3, 0.4) is 0 Å². The number of rotatable bonds is 3. The van der Waals surface area contributed by atoms with Crippen LogP contribution in [0.2, 0.25) is 0 Å². The zero-order chi connectivity index (χ0) is 21.7. The molecule has 0 amide bonds. The Labute approximate surface area is 176 Å². The molecule has 30 heavy (non-hydrogen) atoms. The van der Waals surface area contributed by atoms with Crippen LogP contribution in [0.5, 0.6) is 0 Å². The molecule has 0 atom stereocenters. The summed E-state index contributed by atoms with van der Waals surface area (Å²) in [5.74, 6) is -0.765. The Balaban J connectivity index is 2.02. The van der Waals surface area contributed by atoms with Gasteiger partial charge >= 0.3 is 5.69 Å². The average molecular weight is 421 g/mol. The van der Waals surface area contributed by atoms with Crippen molar-refractivity contribution < 1.29 is 9.59 Å². The van der Waals surface area contributed by atoms with E-state index in [1.54, 1.807) is 0 Å². The van der Waals surface area contributed by atoms with Crippen LogP contribution in [-0.4, -0.2) is 25.7 Å². The molecule has 0 aliphatic heterocycles. The Morgan fingerprint density at radius 1 is 1.00 bits per heavy atom. The number of carbonyl (C=O) groups is 2. The van der Waals surface area contributed by atoms with Crippen molar-refractivity contribution in [2.75, 3.05) is 0 Å². The van der Waals surface area contributed by atoms with Gasteiger partial charge in [-0.25, -0.2) is 9.78 Å². The monoisotopic (exact) mass is 421 g/mol. The van der Waals surface area contributed by atoms with Crippen LogP contribution in [-0.2, 0) is 20.5 Å². The Bertz CT molecular complexity index is 1410. The molecule has 152 valence electrons. The maximum atomic E-state index is 13.4. The van der Waals surface area contributed by atoms with Gasteiger partial charge in [0.15, 0.2) is 5.78 Å². The zero-order valence-corrected chi connectivity index (χ0v) is 17.8. The summed E-state index contributed by atoms with van der Waals surface area (Å²) in [4.78, 5) is 57.3. The summed E-state index contributed by atoms with van der Waals surface area (Å²) < 4.78 is 2.16. The van der Waals surface area contributed by atoms with E-state index in [1.807, 2.05) is 38.1 Å². The van der Waals surface area contributed by atoms with Gasteiger partial charge in [0.2, 0.25) is 5.78 Å². The number of Topliss-reactive ketones (excluding diaryl/α,β-unsaturated/α-hetero) is 1. The summed E-state index contributed by atoms with van der Waals surface area (Å²) in [5, 5.41) is 0.00124. The molecule has 1 aliphatic rings. The minimum absolute atomic E-state index is 0.00124. The van der Waals surface area contributed by atoms with Crippen molar-refractivity contribution >= 4 is 34.4 Å². The summed E-state index contributed by atoms with van der Waals surface area (Å²) in [5.41, 5.74) is 0.521. The number of allylic oxidation sites excluding steroid dienone is 2. The molecule has 1 aromatic carbocycles. The number of aryl methyl sites for hydroxylation is 3. The van der Waals surface area contributed by atoms with Gasteiger partial charge in [-0.05, 0) is 25.0 Å². The number of thioether (sulfide) groups is 1. The van der Waals surface area contributed by atoms with Crippen molar-refractivity contribution in [2.45, 2.75) is 25.2 Å². The highest BCUT2D eigenvalue weighted by molar-refractivity contribution is 8.04. The fourth-order valence-electron chi connectivity index (χ4n) is 3.63. The number of carbonyl (C=O) groups excluding carboxylic acids is 2. The van der Waals surface area contributed by atoms with Crippen LogP contribution in [0.1, 0.15) is 38.9 Å². The van der Waals surface area contributed by atoms with Gasteiger partial charge in [0.25, 0.3) is 5.56 Å². The lowest BCUT2D eigenvalue weighted by atomic mass is 9.90. The predicted octanol–water partition coefficient (Wildman–Crippen LogP) is 2.56. The number of aromatic nitrogens is 3. The van der Waals surface area contributed by atoms with Gasteiger partial charge in [0, 0.05) is 25.1 Å². The highest BCUT2D eigenvalue weighted by atomic mass is 32.2. The van der Waals surface area contributed by atoms with E-state index < -0.39 is 17.0 Å². The van der Waals surface area contributed by atoms with Crippen LogP contribution in [0.25, 0.3) is 11.0 Å². The lowest BCUT2D eigenvalue weighted by molar-refractivity contribution is 0.0991. The molecule has 0 fully saturated rings. The van der Waals surface area contributed by atoms with Crippen molar-refractivity contribution in [2.24, 2.45) is 14.1 Å². The van der Waals surface area contributed by atoms with Crippen LogP contribution >= 0.6 is 11.8 Å². The minimum atomic E-state index is -0.635. The molecule has 8 heteroatoms. The Morgan fingerprint density at radius 2 is 1.70 bits per heavy atom. The first-order valence-corrected chi connectivity index (χ1v) is 10.2. The number of fused-ring (bicyclic) bond motifs is 3. The molecule has 0 radical (unpaired) electrons. The van der Waals surface area contributed by atoms with Crippen molar-refractivity contribution in [1.82, 2.24) is 14.1 Å². The predicted molar refractivity (Wildman–Crippen MR) is 115 cm³/mol. The zero-order valence-electron chi connectivity index (χ0n) is 17.0. The second kappa shape index (κ2) is 7.21. The largest absolute Gasteiger partial charge is 0.332 e. The maximum Gasteiger partial charge on any atom is 0.332 e. The van der Waals surface area contributed by atoms with E-state index in [0.717, 1.165) is 15.0 Å². The van der Waals surface area contributed by atoms with Gasteiger partial charge in [-0.2, -0.15) is 0 Å². The fourth-order valence-corrected chi connectivity index (χ4v) is 4.60. The Kier molecular flexibility index (Phi) is 4.82. The van der Waals surface area contributed by atoms with E-state index in [0.29, 0.717) is 17.0 Å². The summed E-state index contributed by atoms with van der Waals surface area (Å²) in [6.07, 6.45) is 1.66. The highest BCUT2D eigenvalue weighted by Gasteiger charge is 2.33. The van der Waals surface area contributed by atoms with E-state index >= 15 is 0 Å². The quantitative estimate of drug-likeness (QED) is 0.646. The van der Waals surface area contributed by atoms with Crippen molar-refractivity contribution in [3.05, 3.63) is 78.5 Å². The Morgan fingerprint density at radius 3 is 2.37 bits per heavy atom. The molecule has 2 heterocycles. The Hall–Kier alpha value is -3.26. The summed E-state index contributed by atoms with van der Waals surface area (Å²) in [7, 11) is 2.84. The number of hydrogen-bond donors (Lipinski definition) is 0. The van der Waals surface area contributed by atoms with Crippen LogP contribution in [0.4, 0.5) is 0 Å². The van der Waals surface area contributed by atoms with E-state index in [2.05, 4.69) is 4.98 Å². The standard InChI is InChI=1S/C22H19N3O4S/c1-5-12-16-17(18-20(23-12)24(3)22(29)25(4)21(18)28)13(26)10-15(19(16)27)30-14-9-7-6-8-11(14)2/h6-10H,5H2,1-4H3. The topological polar surface area (TPSA) is 91.0 Å². The van der Waals surface area contributed by atoms with Gasteiger partial charge < -0.3 is 0 Å². The first-order chi connectivity index (χ1) is 14.3. The minimum Gasteiger partial charge on any atom is -0.289 e. The SMILES string of the molecule is CCc1nc2c(c3c1C(=O)C(Sc1ccccc1C)=CC3=O)c(=O)n(C)c(=O)n2C. The molecule has 0 unspecified atom stereocenters. The number of nitrogens with zero attached hydrogens (tertiary/aromatic N) is 3. The van der Waals surface area contributed by atoms with E-state index in [-0.39, 0.29) is 27.9 Å². The molecule has 0 spiro atoms. The van der Waals surface area contributed by atoms with Gasteiger partial charge in [-0.3, -0.25) is 23.5 Å². The summed E-state index contributed by atoms with van der Waals surface area (Å²) in [6.45, 7) is 3.75. The lowest BCUT2D eigenvalue weighted by Gasteiger charge is -2.20. The number of pyridine rings is 1. The molecule has 3 aromatic rings. The van der Waals surface area contributed by atoms with Gasteiger partial charge in [0.05, 0.1) is 27.1 Å². The smallest absolute Gasteiger partial charge is 0.289 e. The number of ketones is 2. The highest BCUT2D eigenvalue weighted by Crippen LogP contribution is 2.37. The molecular weight excluding hydrogens is 402 g/mol. The lowest BCUT2D eigenvalue weighted by Crippen LogP contribution is -2.39. The third-order valence-electron chi connectivity index (χ3n) is 5.27. The third-order valence-corrected chi connectivity index (χ3v) is 6.47. The van der Waals surface area contributed by atoms with Gasteiger partial charge in [0.1, 0.15) is 5.65 Å². The molecule has 7 nitrogen and oxygen atoms in total. The maximum absolute atomic E-state index is 13.4. The van der Waals surface area contributed by atoms with E-state index in [4.69, 9.17) is 0 Å². The molecule has 0 bridgehead atoms. The summed E-state index contributed by atoms with van der Waals surface area (Å²) in [6, 6.07) is 7.60. The molecule has 0 saturated heterocycles. The van der Waals surface area contributed by atoms with Gasteiger partial charge in [-0.15, -0.1) is 0 Å². The van der Waals surface area contributed by atoms with Crippen LogP contribution < -0.4 is 11.2 Å². The van der Waals surface area contributed by atoms with Crippen molar-refractivity contribution in [3.63, 3.8) is 0 Å². The number of hydrogen-bond acceptors (Lipinski definition) is 6. The number of benzene rings is 1. The molecular formula is C22H19N3O4S. The van der Waals surface area contributed by atoms with Crippen LogP contribution in [0, 0.1) is 6.92 Å². The first kappa shape index (κ1) is 20.0. The average Bonchev–Trinajstić information content (AvgIpc) is 2.74. The molecule has 2 aromatic heterocycles. The van der Waals surface area contributed by atoms with E-state index in [9.17, 15) is 19.2 Å². The fraction of sp³-hybridized carbons (Fsp3) is 0.227. The second-order valence-corrected chi connectivity index (χ2v) is 8.22. The van der Waals surface area contributed by atoms with E-state index in [1.165, 1.54) is 36.5 Å². The molecule has 0 N–H and O–H groups in total. The summed E-state index contributed by atoms with van der Waals surface area (Å²) >= 11 is 1.23. The third kappa shape index (κ3) is 2.87. The molecule has 1 aliphatic carbocycles. The van der Waals surface area contributed by atoms with Crippen LogP contribution in [0.15, 0.2) is 49.7 Å². The normalized spacial score (nSPS) is 13.5. The van der Waals surface area contributed by atoms with Crippen molar-refractivity contribution in [1.29, 1.82) is 0 Å². The first-order valence-electron chi connectivity index (χ1n) is 9.43.